The molecule has 2 heterocycles. The molecule has 0 saturated carbocycles. The van der Waals surface area contributed by atoms with Crippen molar-refractivity contribution in [3.05, 3.63) is 53.1 Å². The minimum absolute atomic E-state index is 0.0528. The number of anilines is 1. The number of ether oxygens (including phenoxy) is 1. The highest BCUT2D eigenvalue weighted by Crippen LogP contribution is 2.35. The molecule has 6 nitrogen and oxygen atoms in total. The molecule has 0 spiro atoms. The Hall–Kier alpha value is -2.64. The minimum atomic E-state index is -0.0948. The fraction of sp³-hybridized carbons (Fsp3) is 0.364. The molecule has 1 atom stereocenters. The van der Waals surface area contributed by atoms with Crippen LogP contribution in [0.3, 0.4) is 0 Å². The molecule has 2 N–H and O–H groups in total. The maximum absolute atomic E-state index is 13.1. The largest absolute Gasteiger partial charge is 0.496 e. The predicted molar refractivity (Wildman–Crippen MR) is 116 cm³/mol. The van der Waals surface area contributed by atoms with Gasteiger partial charge in [0.05, 0.1) is 28.9 Å². The van der Waals surface area contributed by atoms with Gasteiger partial charge >= 0.3 is 0 Å². The molecule has 1 saturated heterocycles. The molecule has 3 aromatic rings. The summed E-state index contributed by atoms with van der Waals surface area (Å²) in [6.07, 6.45) is 1.93. The predicted octanol–water partition coefficient (Wildman–Crippen LogP) is 3.13. The molecule has 2 aromatic carbocycles. The van der Waals surface area contributed by atoms with Gasteiger partial charge in [0.15, 0.2) is 5.13 Å². The maximum Gasteiger partial charge on any atom is 0.255 e. The number of rotatable bonds is 4. The lowest BCUT2D eigenvalue weighted by Gasteiger charge is -2.26. The van der Waals surface area contributed by atoms with Crippen molar-refractivity contribution in [3.8, 4) is 5.75 Å². The normalized spacial score (nSPS) is 18.7. The van der Waals surface area contributed by atoms with Crippen molar-refractivity contribution in [3.63, 3.8) is 0 Å². The second-order valence-electron chi connectivity index (χ2n) is 7.52. The number of amides is 1. The van der Waals surface area contributed by atoms with Gasteiger partial charge in [0.2, 0.25) is 0 Å². The second-order valence-corrected chi connectivity index (χ2v) is 8.53. The molecule has 1 amide bonds. The van der Waals surface area contributed by atoms with Gasteiger partial charge in [-0.25, -0.2) is 4.98 Å². The fourth-order valence-corrected chi connectivity index (χ4v) is 5.26. The Balaban J connectivity index is 1.43. The van der Waals surface area contributed by atoms with E-state index in [-0.39, 0.29) is 11.9 Å². The number of aromatic nitrogens is 1. The first-order chi connectivity index (χ1) is 14.2. The number of nitrogens with one attached hydrogen (secondary N) is 2. The van der Waals surface area contributed by atoms with Gasteiger partial charge in [-0.15, -0.1) is 0 Å². The van der Waals surface area contributed by atoms with Crippen LogP contribution in [-0.2, 0) is 6.42 Å². The number of hydrogen-bond acceptors (Lipinski definition) is 6. The first-order valence-corrected chi connectivity index (χ1v) is 10.9. The average molecular weight is 409 g/mol. The molecule has 0 unspecified atom stereocenters. The minimum Gasteiger partial charge on any atom is -0.496 e. The van der Waals surface area contributed by atoms with Crippen LogP contribution in [0.25, 0.3) is 10.2 Å². The number of thiazole rings is 1. The summed E-state index contributed by atoms with van der Waals surface area (Å²) in [6, 6.07) is 12.2. The first kappa shape index (κ1) is 18.4. The number of carbonyl (C=O) groups excluding carboxylic acids is 1. The van der Waals surface area contributed by atoms with Crippen LogP contribution in [-0.4, -0.2) is 44.2 Å². The fourth-order valence-electron chi connectivity index (χ4n) is 4.22. The highest BCUT2D eigenvalue weighted by molar-refractivity contribution is 7.22. The summed E-state index contributed by atoms with van der Waals surface area (Å²) >= 11 is 1.64. The van der Waals surface area contributed by atoms with E-state index in [1.54, 1.807) is 18.4 Å². The lowest BCUT2D eigenvalue weighted by molar-refractivity contribution is 0.0934. The third-order valence-corrected chi connectivity index (χ3v) is 6.85. The molecule has 1 fully saturated rings. The van der Waals surface area contributed by atoms with E-state index in [0.717, 1.165) is 54.4 Å². The maximum atomic E-state index is 13.1. The molecular weight excluding hydrogens is 384 g/mol. The molecular formula is C22H24N4O2S. The zero-order chi connectivity index (χ0) is 19.8. The summed E-state index contributed by atoms with van der Waals surface area (Å²) in [6.45, 7) is 3.84. The van der Waals surface area contributed by atoms with E-state index in [9.17, 15) is 4.79 Å². The van der Waals surface area contributed by atoms with E-state index < -0.39 is 0 Å². The molecule has 0 bridgehead atoms. The van der Waals surface area contributed by atoms with Gasteiger partial charge in [-0.2, -0.15) is 0 Å². The molecule has 1 aliphatic heterocycles. The number of methoxy groups -OCH3 is 1. The standard InChI is InChI=1S/C22H24N4O2S/c1-28-19-13-18-20(29-22(25-18)26-10-8-23-9-11-26)12-16(19)21(27)24-17-7-6-14-4-2-3-5-15(14)17/h2-5,12-13,17,23H,6-11H2,1H3,(H,24,27)/t17-/m0/s1. The van der Waals surface area contributed by atoms with Crippen LogP contribution < -0.4 is 20.3 Å². The Labute approximate surface area is 173 Å². The average Bonchev–Trinajstić information content (AvgIpc) is 3.37. The van der Waals surface area contributed by atoms with Crippen molar-refractivity contribution < 1.29 is 9.53 Å². The monoisotopic (exact) mass is 408 g/mol. The van der Waals surface area contributed by atoms with Crippen LogP contribution in [0.15, 0.2) is 36.4 Å². The Kier molecular flexibility index (Phi) is 4.85. The van der Waals surface area contributed by atoms with Gasteiger partial charge in [0, 0.05) is 32.2 Å². The van der Waals surface area contributed by atoms with Gasteiger partial charge < -0.3 is 20.3 Å². The van der Waals surface area contributed by atoms with Crippen molar-refractivity contribution in [2.45, 2.75) is 18.9 Å². The van der Waals surface area contributed by atoms with Gasteiger partial charge in [0.25, 0.3) is 5.91 Å². The number of aryl methyl sites for hydroxylation is 1. The summed E-state index contributed by atoms with van der Waals surface area (Å²) in [5.74, 6) is 0.473. The lowest BCUT2D eigenvalue weighted by Crippen LogP contribution is -2.43. The first-order valence-electron chi connectivity index (χ1n) is 10.1. The Bertz CT molecular complexity index is 1060. The number of fused-ring (bicyclic) bond motifs is 2. The molecule has 7 heteroatoms. The molecule has 1 aliphatic carbocycles. The van der Waals surface area contributed by atoms with E-state index in [1.165, 1.54) is 11.1 Å². The zero-order valence-electron chi connectivity index (χ0n) is 16.4. The van der Waals surface area contributed by atoms with E-state index in [1.807, 2.05) is 18.2 Å². The lowest BCUT2D eigenvalue weighted by atomic mass is 10.1. The van der Waals surface area contributed by atoms with Crippen molar-refractivity contribution in [1.82, 2.24) is 15.6 Å². The quantitative estimate of drug-likeness (QED) is 0.694. The summed E-state index contributed by atoms with van der Waals surface area (Å²) < 4.78 is 6.55. The summed E-state index contributed by atoms with van der Waals surface area (Å²) in [4.78, 5) is 20.2. The molecule has 2 aliphatic rings. The van der Waals surface area contributed by atoms with E-state index >= 15 is 0 Å². The summed E-state index contributed by atoms with van der Waals surface area (Å²) in [5.41, 5.74) is 3.99. The summed E-state index contributed by atoms with van der Waals surface area (Å²) in [7, 11) is 1.60. The topological polar surface area (TPSA) is 66.5 Å². The van der Waals surface area contributed by atoms with Gasteiger partial charge in [-0.1, -0.05) is 35.6 Å². The number of nitrogens with zero attached hydrogens (tertiary/aromatic N) is 2. The van der Waals surface area contributed by atoms with Gasteiger partial charge in [0.1, 0.15) is 5.75 Å². The molecule has 29 heavy (non-hydrogen) atoms. The molecule has 1 aromatic heterocycles. The number of piperazine rings is 1. The van der Waals surface area contributed by atoms with Gasteiger partial charge in [-0.3, -0.25) is 4.79 Å². The van der Waals surface area contributed by atoms with Crippen LogP contribution in [0.5, 0.6) is 5.75 Å². The number of hydrogen-bond donors (Lipinski definition) is 2. The Morgan fingerprint density at radius 3 is 2.93 bits per heavy atom. The highest BCUT2D eigenvalue weighted by Gasteiger charge is 2.26. The molecule has 150 valence electrons. The SMILES string of the molecule is COc1cc2nc(N3CCNCC3)sc2cc1C(=O)N[C@H]1CCc2ccccc21. The highest BCUT2D eigenvalue weighted by atomic mass is 32.1. The van der Waals surface area contributed by atoms with E-state index in [2.05, 4.69) is 33.7 Å². The van der Waals surface area contributed by atoms with Crippen molar-refractivity contribution in [2.24, 2.45) is 0 Å². The van der Waals surface area contributed by atoms with Crippen LogP contribution in [0.1, 0.15) is 33.9 Å². The third kappa shape index (κ3) is 3.45. The molecule has 0 radical (unpaired) electrons. The zero-order valence-corrected chi connectivity index (χ0v) is 17.2. The van der Waals surface area contributed by atoms with Crippen LogP contribution >= 0.6 is 11.3 Å². The van der Waals surface area contributed by atoms with Crippen molar-refractivity contribution >= 4 is 32.6 Å². The number of carbonyl (C=O) groups is 1. The smallest absolute Gasteiger partial charge is 0.255 e. The van der Waals surface area contributed by atoms with Gasteiger partial charge in [-0.05, 0) is 30.0 Å². The summed E-state index contributed by atoms with van der Waals surface area (Å²) in [5, 5.41) is 7.58. The van der Waals surface area contributed by atoms with E-state index in [0.29, 0.717) is 11.3 Å². The molecule has 5 rings (SSSR count). The Morgan fingerprint density at radius 2 is 2.10 bits per heavy atom. The van der Waals surface area contributed by atoms with Crippen LogP contribution in [0.4, 0.5) is 5.13 Å². The van der Waals surface area contributed by atoms with Crippen LogP contribution in [0.2, 0.25) is 0 Å². The number of benzene rings is 2. The second kappa shape index (κ2) is 7.65. The van der Waals surface area contributed by atoms with Crippen molar-refractivity contribution in [1.29, 1.82) is 0 Å². The van der Waals surface area contributed by atoms with Crippen molar-refractivity contribution in [2.75, 3.05) is 38.2 Å². The van der Waals surface area contributed by atoms with Crippen LogP contribution in [0, 0.1) is 0 Å². The Morgan fingerprint density at radius 1 is 1.28 bits per heavy atom. The third-order valence-electron chi connectivity index (χ3n) is 5.77. The van der Waals surface area contributed by atoms with E-state index in [4.69, 9.17) is 9.72 Å².